The van der Waals surface area contributed by atoms with Crippen LogP contribution in [0, 0.1) is 15.9 Å². The Morgan fingerprint density at radius 3 is 2.41 bits per heavy atom. The second-order valence-corrected chi connectivity index (χ2v) is 8.88. The first-order valence-electron chi connectivity index (χ1n) is 12.6. The van der Waals surface area contributed by atoms with E-state index in [1.165, 1.54) is 42.3 Å². The molecule has 0 aliphatic rings. The number of unbranched alkanes of at least 4 members (excludes halogenated alkanes) is 1. The zero-order valence-corrected chi connectivity index (χ0v) is 22.0. The molecule has 39 heavy (non-hydrogen) atoms. The van der Waals surface area contributed by atoms with Crippen LogP contribution >= 0.6 is 0 Å². The van der Waals surface area contributed by atoms with Crippen molar-refractivity contribution in [2.75, 3.05) is 20.3 Å². The lowest BCUT2D eigenvalue weighted by atomic mass is 10.0. The molecule has 0 aromatic heterocycles. The van der Waals surface area contributed by atoms with Crippen LogP contribution in [0.25, 0.3) is 0 Å². The van der Waals surface area contributed by atoms with Gasteiger partial charge in [-0.1, -0.05) is 55.8 Å². The third-order valence-electron chi connectivity index (χ3n) is 6.08. The van der Waals surface area contributed by atoms with Crippen molar-refractivity contribution in [1.82, 2.24) is 10.2 Å². The van der Waals surface area contributed by atoms with Crippen molar-refractivity contribution in [3.63, 3.8) is 0 Å². The summed E-state index contributed by atoms with van der Waals surface area (Å²) in [6.45, 7) is 2.10. The van der Waals surface area contributed by atoms with E-state index in [0.717, 1.165) is 18.4 Å². The van der Waals surface area contributed by atoms with Gasteiger partial charge in [-0.3, -0.25) is 19.7 Å². The quantitative estimate of drug-likeness (QED) is 0.182. The lowest BCUT2D eigenvalue weighted by molar-refractivity contribution is -0.385. The molecule has 206 valence electrons. The average Bonchev–Trinajstić information content (AvgIpc) is 2.94. The maximum absolute atomic E-state index is 13.6. The molecule has 0 aliphatic carbocycles. The fourth-order valence-corrected chi connectivity index (χ4v) is 3.97. The number of amides is 2. The van der Waals surface area contributed by atoms with E-state index in [2.05, 4.69) is 5.32 Å². The van der Waals surface area contributed by atoms with Gasteiger partial charge in [-0.25, -0.2) is 4.39 Å². The second kappa shape index (κ2) is 14.5. The Labute approximate surface area is 226 Å². The molecule has 0 saturated heterocycles. The molecule has 9 nitrogen and oxygen atoms in total. The minimum Gasteiger partial charge on any atom is -0.490 e. The van der Waals surface area contributed by atoms with Crippen LogP contribution in [0.1, 0.15) is 30.9 Å². The minimum atomic E-state index is -0.864. The first-order chi connectivity index (χ1) is 18.8. The molecule has 0 fully saturated rings. The molecule has 0 radical (unpaired) electrons. The number of halogens is 1. The third kappa shape index (κ3) is 8.53. The van der Waals surface area contributed by atoms with Gasteiger partial charge < -0.3 is 19.7 Å². The van der Waals surface area contributed by atoms with Gasteiger partial charge in [0, 0.05) is 31.6 Å². The Hall–Kier alpha value is -4.47. The summed E-state index contributed by atoms with van der Waals surface area (Å²) in [6, 6.07) is 18.1. The van der Waals surface area contributed by atoms with Crippen LogP contribution in [0.15, 0.2) is 72.8 Å². The fourth-order valence-electron chi connectivity index (χ4n) is 3.97. The number of carbonyl (C=O) groups excluding carboxylic acids is 2. The standard InChI is InChI=1S/C29H32FN3O6/c1-3-4-16-31-29(35)26(17-21-8-6-5-7-9-21)32(19-22-10-12-23(30)13-11-22)28(34)20-39-24-14-15-25(33(36)37)27(18-24)38-2/h5-15,18,26H,3-4,16-17,19-20H2,1-2H3,(H,31,35)/t26-/m0/s1. The largest absolute Gasteiger partial charge is 0.490 e. The molecular formula is C29H32FN3O6. The number of benzene rings is 3. The average molecular weight is 538 g/mol. The molecular weight excluding hydrogens is 505 g/mol. The second-order valence-electron chi connectivity index (χ2n) is 8.88. The number of ether oxygens (including phenoxy) is 2. The first kappa shape index (κ1) is 29.1. The molecule has 0 aliphatic heterocycles. The van der Waals surface area contributed by atoms with Gasteiger partial charge >= 0.3 is 5.69 Å². The van der Waals surface area contributed by atoms with E-state index in [0.29, 0.717) is 12.1 Å². The van der Waals surface area contributed by atoms with Gasteiger partial charge in [0.2, 0.25) is 11.7 Å². The molecule has 0 saturated carbocycles. The van der Waals surface area contributed by atoms with Crippen LogP contribution < -0.4 is 14.8 Å². The smallest absolute Gasteiger partial charge is 0.311 e. The highest BCUT2D eigenvalue weighted by Gasteiger charge is 2.30. The molecule has 3 aromatic carbocycles. The molecule has 0 unspecified atom stereocenters. The van der Waals surface area contributed by atoms with Crippen LogP contribution in [0.3, 0.4) is 0 Å². The van der Waals surface area contributed by atoms with Crippen molar-refractivity contribution >= 4 is 17.5 Å². The van der Waals surface area contributed by atoms with E-state index in [1.54, 1.807) is 12.1 Å². The normalized spacial score (nSPS) is 11.4. The topological polar surface area (TPSA) is 111 Å². The summed E-state index contributed by atoms with van der Waals surface area (Å²) < 4.78 is 24.3. The number of methoxy groups -OCH3 is 1. The molecule has 0 bridgehead atoms. The number of hydrogen-bond donors (Lipinski definition) is 1. The van der Waals surface area contributed by atoms with Crippen LogP contribution in [0.5, 0.6) is 11.5 Å². The Morgan fingerprint density at radius 1 is 1.05 bits per heavy atom. The predicted octanol–water partition coefficient (Wildman–Crippen LogP) is 4.68. The molecule has 3 aromatic rings. The zero-order valence-electron chi connectivity index (χ0n) is 22.0. The fraction of sp³-hybridized carbons (Fsp3) is 0.310. The van der Waals surface area contributed by atoms with E-state index in [-0.39, 0.29) is 36.1 Å². The van der Waals surface area contributed by atoms with Crippen LogP contribution in [-0.2, 0) is 22.6 Å². The lowest BCUT2D eigenvalue weighted by Gasteiger charge is -2.31. The number of nitro groups is 1. The highest BCUT2D eigenvalue weighted by molar-refractivity contribution is 5.88. The molecule has 3 rings (SSSR count). The monoisotopic (exact) mass is 537 g/mol. The summed E-state index contributed by atoms with van der Waals surface area (Å²) >= 11 is 0. The van der Waals surface area contributed by atoms with Crippen molar-refractivity contribution in [2.24, 2.45) is 0 Å². The van der Waals surface area contributed by atoms with Gasteiger partial charge in [0.25, 0.3) is 5.91 Å². The van der Waals surface area contributed by atoms with E-state index in [4.69, 9.17) is 9.47 Å². The van der Waals surface area contributed by atoms with E-state index in [9.17, 15) is 24.1 Å². The Balaban J connectivity index is 1.89. The SMILES string of the molecule is CCCCNC(=O)[C@H](Cc1ccccc1)N(Cc1ccc(F)cc1)C(=O)COc1ccc([N+](=O)[O-])c(OC)c1. The van der Waals surface area contributed by atoms with Crippen molar-refractivity contribution in [2.45, 2.75) is 38.8 Å². The van der Waals surface area contributed by atoms with Gasteiger partial charge in [0.1, 0.15) is 17.6 Å². The van der Waals surface area contributed by atoms with E-state index < -0.39 is 29.3 Å². The number of nitrogens with one attached hydrogen (secondary N) is 1. The summed E-state index contributed by atoms with van der Waals surface area (Å²) in [4.78, 5) is 39.0. The van der Waals surface area contributed by atoms with Crippen molar-refractivity contribution in [3.05, 3.63) is 99.9 Å². The minimum absolute atomic E-state index is 0.00891. The summed E-state index contributed by atoms with van der Waals surface area (Å²) in [5.74, 6) is -1.02. The number of nitrogens with zero attached hydrogens (tertiary/aromatic N) is 2. The lowest BCUT2D eigenvalue weighted by Crippen LogP contribution is -2.51. The molecule has 1 N–H and O–H groups in total. The highest BCUT2D eigenvalue weighted by Crippen LogP contribution is 2.30. The maximum atomic E-state index is 13.6. The molecule has 0 spiro atoms. The predicted molar refractivity (Wildman–Crippen MR) is 144 cm³/mol. The van der Waals surface area contributed by atoms with Crippen molar-refractivity contribution < 1.29 is 28.4 Å². The summed E-state index contributed by atoms with van der Waals surface area (Å²) in [5, 5.41) is 14.1. The van der Waals surface area contributed by atoms with E-state index in [1.807, 2.05) is 37.3 Å². The first-order valence-corrected chi connectivity index (χ1v) is 12.6. The number of carbonyl (C=O) groups is 2. The Kier molecular flexibility index (Phi) is 10.8. The van der Waals surface area contributed by atoms with Gasteiger partial charge in [0.05, 0.1) is 12.0 Å². The van der Waals surface area contributed by atoms with Gasteiger partial charge in [-0.15, -0.1) is 0 Å². The summed E-state index contributed by atoms with van der Waals surface area (Å²) in [5.41, 5.74) is 1.27. The van der Waals surface area contributed by atoms with Gasteiger partial charge in [-0.2, -0.15) is 0 Å². The molecule has 10 heteroatoms. The number of hydrogen-bond acceptors (Lipinski definition) is 6. The Bertz CT molecular complexity index is 1250. The summed E-state index contributed by atoms with van der Waals surface area (Å²) in [6.07, 6.45) is 1.95. The summed E-state index contributed by atoms with van der Waals surface area (Å²) in [7, 11) is 1.30. The van der Waals surface area contributed by atoms with Crippen LogP contribution in [-0.4, -0.2) is 47.9 Å². The number of nitro benzene ring substituents is 1. The van der Waals surface area contributed by atoms with E-state index >= 15 is 0 Å². The Morgan fingerprint density at radius 2 is 1.77 bits per heavy atom. The molecule has 0 heterocycles. The third-order valence-corrected chi connectivity index (χ3v) is 6.08. The van der Waals surface area contributed by atoms with Crippen LogP contribution in [0.2, 0.25) is 0 Å². The van der Waals surface area contributed by atoms with Crippen molar-refractivity contribution in [1.29, 1.82) is 0 Å². The molecule has 1 atom stereocenters. The zero-order chi connectivity index (χ0) is 28.2. The van der Waals surface area contributed by atoms with Crippen molar-refractivity contribution in [3.8, 4) is 11.5 Å². The highest BCUT2D eigenvalue weighted by atomic mass is 19.1. The van der Waals surface area contributed by atoms with Crippen LogP contribution in [0.4, 0.5) is 10.1 Å². The molecule has 2 amide bonds. The van der Waals surface area contributed by atoms with Gasteiger partial charge in [-0.05, 0) is 35.7 Å². The number of rotatable bonds is 14. The van der Waals surface area contributed by atoms with Gasteiger partial charge in [0.15, 0.2) is 6.61 Å². The maximum Gasteiger partial charge on any atom is 0.311 e.